The number of rotatable bonds is 6. The molecule has 4 rings (SSSR count). The van der Waals surface area contributed by atoms with Crippen molar-refractivity contribution < 1.29 is 4.79 Å². The Labute approximate surface area is 166 Å². The van der Waals surface area contributed by atoms with Gasteiger partial charge < -0.3 is 15.5 Å². The standard InChI is InChI=1S/C22H33N3O3/c26-20-18(19(21(20)27)25-12-4-1-5-13-25)23-14-15-8-10-16(11-9-15)22(28)24-17-6-2-3-7-17/h15-17,23H,1-14H2,(H,24,28). The minimum atomic E-state index is -0.356. The lowest BCUT2D eigenvalue weighted by Crippen LogP contribution is -2.45. The number of nitrogens with one attached hydrogen (secondary N) is 2. The maximum absolute atomic E-state index is 12.5. The highest BCUT2D eigenvalue weighted by Crippen LogP contribution is 2.31. The summed E-state index contributed by atoms with van der Waals surface area (Å²) in [4.78, 5) is 38.6. The molecule has 2 aliphatic carbocycles. The average Bonchev–Trinajstić information content (AvgIpc) is 3.24. The number of piperidine rings is 1. The van der Waals surface area contributed by atoms with E-state index in [0.29, 0.717) is 23.3 Å². The van der Waals surface area contributed by atoms with Gasteiger partial charge in [-0.25, -0.2) is 0 Å². The lowest BCUT2D eigenvalue weighted by molar-refractivity contribution is -0.126. The van der Waals surface area contributed by atoms with Gasteiger partial charge in [0.1, 0.15) is 11.4 Å². The molecular formula is C22H33N3O3. The van der Waals surface area contributed by atoms with Crippen LogP contribution in [-0.4, -0.2) is 31.6 Å². The Morgan fingerprint density at radius 3 is 2.21 bits per heavy atom. The molecule has 154 valence electrons. The van der Waals surface area contributed by atoms with Crippen molar-refractivity contribution >= 4 is 17.3 Å². The molecule has 1 aromatic carbocycles. The summed E-state index contributed by atoms with van der Waals surface area (Å²) >= 11 is 0. The van der Waals surface area contributed by atoms with Gasteiger partial charge in [-0.15, -0.1) is 0 Å². The summed E-state index contributed by atoms with van der Waals surface area (Å²) in [6, 6.07) is 0.397. The Morgan fingerprint density at radius 1 is 0.857 bits per heavy atom. The number of amides is 1. The molecule has 0 spiro atoms. The highest BCUT2D eigenvalue weighted by atomic mass is 16.2. The first-order chi connectivity index (χ1) is 13.6. The number of carbonyl (C=O) groups is 1. The molecule has 3 fully saturated rings. The van der Waals surface area contributed by atoms with Crippen molar-refractivity contribution in [2.45, 2.75) is 76.7 Å². The van der Waals surface area contributed by atoms with Crippen LogP contribution in [0.4, 0.5) is 11.4 Å². The third-order valence-electron chi connectivity index (χ3n) is 7.04. The van der Waals surface area contributed by atoms with Crippen molar-refractivity contribution in [3.05, 3.63) is 20.4 Å². The van der Waals surface area contributed by atoms with Crippen molar-refractivity contribution in [3.63, 3.8) is 0 Å². The number of hydrogen-bond acceptors (Lipinski definition) is 5. The summed E-state index contributed by atoms with van der Waals surface area (Å²) in [5.41, 5.74) is 0.476. The van der Waals surface area contributed by atoms with E-state index in [1.54, 1.807) is 0 Å². The molecule has 28 heavy (non-hydrogen) atoms. The summed E-state index contributed by atoms with van der Waals surface area (Å²) in [5.74, 6) is 0.856. The first-order valence-corrected chi connectivity index (χ1v) is 11.3. The second-order valence-corrected chi connectivity index (χ2v) is 9.02. The fourth-order valence-corrected chi connectivity index (χ4v) is 5.23. The fraction of sp³-hybridized carbons (Fsp3) is 0.773. The second-order valence-electron chi connectivity index (χ2n) is 9.02. The van der Waals surface area contributed by atoms with Crippen LogP contribution in [0.2, 0.25) is 0 Å². The molecule has 1 aromatic rings. The zero-order valence-corrected chi connectivity index (χ0v) is 16.8. The third-order valence-corrected chi connectivity index (χ3v) is 7.04. The van der Waals surface area contributed by atoms with Crippen molar-refractivity contribution in [3.8, 4) is 0 Å². The number of carbonyl (C=O) groups excluding carboxylic acids is 1. The van der Waals surface area contributed by atoms with Crippen LogP contribution in [0.15, 0.2) is 9.59 Å². The molecule has 1 amide bonds. The van der Waals surface area contributed by atoms with Crippen LogP contribution in [0, 0.1) is 11.8 Å². The largest absolute Gasteiger partial charge is 0.380 e. The van der Waals surface area contributed by atoms with Crippen LogP contribution in [-0.2, 0) is 4.79 Å². The predicted molar refractivity (Wildman–Crippen MR) is 112 cm³/mol. The molecule has 0 atom stereocenters. The maximum Gasteiger partial charge on any atom is 0.253 e. The Bertz CT molecular complexity index is 748. The topological polar surface area (TPSA) is 78.5 Å². The molecule has 1 heterocycles. The summed E-state index contributed by atoms with van der Waals surface area (Å²) in [6.45, 7) is 2.48. The van der Waals surface area contributed by atoms with Gasteiger partial charge in [0.15, 0.2) is 0 Å². The quantitative estimate of drug-likeness (QED) is 0.734. The second kappa shape index (κ2) is 8.66. The lowest BCUT2D eigenvalue weighted by atomic mass is 9.81. The van der Waals surface area contributed by atoms with Crippen LogP contribution in [0.3, 0.4) is 0 Å². The van der Waals surface area contributed by atoms with E-state index >= 15 is 0 Å². The third kappa shape index (κ3) is 4.11. The summed E-state index contributed by atoms with van der Waals surface area (Å²) in [6.07, 6.45) is 12.0. The zero-order chi connectivity index (χ0) is 19.5. The van der Waals surface area contributed by atoms with Gasteiger partial charge in [0.05, 0.1) is 0 Å². The van der Waals surface area contributed by atoms with E-state index in [1.165, 1.54) is 19.3 Å². The first kappa shape index (κ1) is 19.5. The highest BCUT2D eigenvalue weighted by molar-refractivity contribution is 5.79. The Hall–Kier alpha value is -1.85. The Morgan fingerprint density at radius 2 is 1.54 bits per heavy atom. The summed E-state index contributed by atoms with van der Waals surface area (Å²) in [7, 11) is 0. The minimum absolute atomic E-state index is 0.145. The van der Waals surface area contributed by atoms with Gasteiger partial charge in [0.25, 0.3) is 10.9 Å². The molecule has 1 aliphatic heterocycles. The van der Waals surface area contributed by atoms with Gasteiger partial charge in [-0.2, -0.15) is 0 Å². The van der Waals surface area contributed by atoms with E-state index in [9.17, 15) is 14.4 Å². The van der Waals surface area contributed by atoms with Crippen molar-refractivity contribution in [1.29, 1.82) is 0 Å². The van der Waals surface area contributed by atoms with E-state index in [-0.39, 0.29) is 22.7 Å². The van der Waals surface area contributed by atoms with Gasteiger partial charge in [-0.1, -0.05) is 12.8 Å². The first-order valence-electron chi connectivity index (χ1n) is 11.3. The maximum atomic E-state index is 12.5. The van der Waals surface area contributed by atoms with E-state index in [0.717, 1.165) is 71.0 Å². The van der Waals surface area contributed by atoms with Gasteiger partial charge >= 0.3 is 0 Å². The van der Waals surface area contributed by atoms with Crippen LogP contribution >= 0.6 is 0 Å². The van der Waals surface area contributed by atoms with E-state index in [2.05, 4.69) is 15.5 Å². The number of nitrogens with zero attached hydrogens (tertiary/aromatic N) is 1. The molecule has 2 N–H and O–H groups in total. The molecular weight excluding hydrogens is 354 g/mol. The molecule has 6 nitrogen and oxygen atoms in total. The smallest absolute Gasteiger partial charge is 0.253 e. The lowest BCUT2D eigenvalue weighted by Gasteiger charge is -2.32. The SMILES string of the molecule is O=C(NC1CCCC1)C1CCC(CNc2c(N3CCCCC3)c(=O)c2=O)CC1. The van der Waals surface area contributed by atoms with Crippen molar-refractivity contribution in [2.24, 2.45) is 11.8 Å². The van der Waals surface area contributed by atoms with Gasteiger partial charge in [-0.3, -0.25) is 14.4 Å². The summed E-state index contributed by atoms with van der Waals surface area (Å²) in [5, 5.41) is 6.52. The minimum Gasteiger partial charge on any atom is -0.380 e. The molecule has 3 aliphatic rings. The van der Waals surface area contributed by atoms with Crippen LogP contribution in [0.5, 0.6) is 0 Å². The van der Waals surface area contributed by atoms with Crippen molar-refractivity contribution in [2.75, 3.05) is 29.9 Å². The fourth-order valence-electron chi connectivity index (χ4n) is 5.23. The number of hydrogen-bond donors (Lipinski definition) is 2. The molecule has 6 heteroatoms. The van der Waals surface area contributed by atoms with Crippen LogP contribution < -0.4 is 26.4 Å². The average molecular weight is 388 g/mol. The highest BCUT2D eigenvalue weighted by Gasteiger charge is 2.30. The molecule has 2 saturated carbocycles. The monoisotopic (exact) mass is 387 g/mol. The van der Waals surface area contributed by atoms with Crippen LogP contribution in [0.1, 0.15) is 70.6 Å². The Balaban J connectivity index is 1.25. The predicted octanol–water partition coefficient (Wildman–Crippen LogP) is 2.55. The van der Waals surface area contributed by atoms with Crippen molar-refractivity contribution in [1.82, 2.24) is 5.32 Å². The molecule has 0 aromatic heterocycles. The van der Waals surface area contributed by atoms with Crippen LogP contribution in [0.25, 0.3) is 0 Å². The number of anilines is 2. The van der Waals surface area contributed by atoms with Gasteiger partial charge in [0, 0.05) is 31.6 Å². The molecule has 1 saturated heterocycles. The Kier molecular flexibility index (Phi) is 6.02. The normalized spacial score (nSPS) is 26.5. The van der Waals surface area contributed by atoms with E-state index in [1.807, 2.05) is 0 Å². The van der Waals surface area contributed by atoms with E-state index < -0.39 is 0 Å². The molecule has 0 radical (unpaired) electrons. The summed E-state index contributed by atoms with van der Waals surface area (Å²) < 4.78 is 0. The van der Waals surface area contributed by atoms with Gasteiger partial charge in [0.2, 0.25) is 5.91 Å². The van der Waals surface area contributed by atoms with E-state index in [4.69, 9.17) is 0 Å². The molecule has 0 bridgehead atoms. The van der Waals surface area contributed by atoms with Gasteiger partial charge in [-0.05, 0) is 63.7 Å². The molecule has 0 unspecified atom stereocenters. The zero-order valence-electron chi connectivity index (χ0n) is 16.8.